The number of hydrogen-bond acceptors (Lipinski definition) is 3. The normalized spacial score (nSPS) is 25.3. The topological polar surface area (TPSA) is 52.9 Å². The van der Waals surface area contributed by atoms with E-state index in [0.717, 1.165) is 4.47 Å². The highest BCUT2D eigenvalue weighted by atomic mass is 79.9. The molecule has 1 aliphatic heterocycles. The van der Waals surface area contributed by atoms with Gasteiger partial charge < -0.3 is 5.11 Å². The molecule has 118 valence electrons. The average molecular weight is 377 g/mol. The van der Waals surface area contributed by atoms with Crippen LogP contribution < -0.4 is 0 Å². The van der Waals surface area contributed by atoms with Crippen LogP contribution in [-0.4, -0.2) is 33.6 Å². The summed E-state index contributed by atoms with van der Waals surface area (Å²) in [6, 6.07) is 6.50. The maximum atomic E-state index is 13.3. The van der Waals surface area contributed by atoms with E-state index < -0.39 is 30.1 Å². The van der Waals surface area contributed by atoms with Crippen molar-refractivity contribution in [1.82, 2.24) is 5.01 Å². The third-order valence-corrected chi connectivity index (χ3v) is 4.28. The first-order valence-corrected chi connectivity index (χ1v) is 7.48. The molecule has 1 aliphatic carbocycles. The fourth-order valence-corrected chi connectivity index (χ4v) is 2.57. The fraction of sp³-hybridized carbons (Fsp3) is 0.429. The Kier molecular flexibility index (Phi) is 3.56. The quantitative estimate of drug-likeness (QED) is 0.862. The summed E-state index contributed by atoms with van der Waals surface area (Å²) < 4.78 is 40.6. The van der Waals surface area contributed by atoms with E-state index >= 15 is 0 Å². The average Bonchev–Trinajstić information content (AvgIpc) is 3.21. The van der Waals surface area contributed by atoms with Crippen molar-refractivity contribution in [3.8, 4) is 0 Å². The molecule has 0 radical (unpaired) electrons. The second kappa shape index (κ2) is 5.06. The SMILES string of the molecule is O=C(C1CC1)N1N=C(c2ccc(Br)cc2)C[C@@]1(O)C(F)(F)F. The van der Waals surface area contributed by atoms with Gasteiger partial charge in [-0.25, -0.2) is 0 Å². The number of hydrazone groups is 1. The molecule has 0 spiro atoms. The van der Waals surface area contributed by atoms with Gasteiger partial charge in [0.15, 0.2) is 0 Å². The maximum Gasteiger partial charge on any atom is 0.438 e. The standard InChI is InChI=1S/C14H12BrF3N2O2/c15-10-5-3-8(4-6-10)11-7-13(22,14(16,17)18)20(19-11)12(21)9-1-2-9/h3-6,9,22H,1-2,7H2/t13-/m1/s1. The minimum atomic E-state index is -4.97. The third kappa shape index (κ3) is 2.54. The Morgan fingerprint density at radius 2 is 1.91 bits per heavy atom. The summed E-state index contributed by atoms with van der Waals surface area (Å²) in [5, 5.41) is 14.1. The molecule has 0 aromatic heterocycles. The lowest BCUT2D eigenvalue weighted by Gasteiger charge is -2.32. The van der Waals surface area contributed by atoms with Crippen LogP contribution in [0, 0.1) is 5.92 Å². The molecule has 0 saturated heterocycles. The molecular formula is C14H12BrF3N2O2. The Morgan fingerprint density at radius 3 is 2.41 bits per heavy atom. The fourth-order valence-electron chi connectivity index (χ4n) is 2.30. The Hall–Kier alpha value is -1.41. The van der Waals surface area contributed by atoms with Gasteiger partial charge in [-0.2, -0.15) is 23.3 Å². The summed E-state index contributed by atoms with van der Waals surface area (Å²) in [4.78, 5) is 12.1. The number of halogens is 4. The Morgan fingerprint density at radius 1 is 1.32 bits per heavy atom. The summed E-state index contributed by atoms with van der Waals surface area (Å²) in [5.74, 6) is -1.24. The van der Waals surface area contributed by atoms with Crippen molar-refractivity contribution in [1.29, 1.82) is 0 Å². The van der Waals surface area contributed by atoms with Crippen LogP contribution in [0.3, 0.4) is 0 Å². The van der Waals surface area contributed by atoms with Crippen molar-refractivity contribution in [2.75, 3.05) is 0 Å². The molecule has 4 nitrogen and oxygen atoms in total. The number of carbonyl (C=O) groups excluding carboxylic acids is 1. The van der Waals surface area contributed by atoms with Gasteiger partial charge in [0.05, 0.1) is 12.1 Å². The van der Waals surface area contributed by atoms with Gasteiger partial charge in [-0.15, -0.1) is 0 Å². The Balaban J connectivity index is 1.98. The van der Waals surface area contributed by atoms with Crippen molar-refractivity contribution >= 4 is 27.5 Å². The molecule has 1 amide bonds. The van der Waals surface area contributed by atoms with Gasteiger partial charge in [0, 0.05) is 10.4 Å². The van der Waals surface area contributed by atoms with Crippen molar-refractivity contribution in [3.05, 3.63) is 34.3 Å². The van der Waals surface area contributed by atoms with Crippen LogP contribution >= 0.6 is 15.9 Å². The Bertz CT molecular complexity index is 640. The molecule has 3 rings (SSSR count). The zero-order chi connectivity index (χ0) is 16.1. The first kappa shape index (κ1) is 15.5. The van der Waals surface area contributed by atoms with Crippen molar-refractivity contribution in [2.24, 2.45) is 11.0 Å². The second-order valence-corrected chi connectivity index (χ2v) is 6.38. The van der Waals surface area contributed by atoms with Crippen LogP contribution in [0.1, 0.15) is 24.8 Å². The molecule has 2 aliphatic rings. The van der Waals surface area contributed by atoms with E-state index in [-0.39, 0.29) is 10.7 Å². The highest BCUT2D eigenvalue weighted by Gasteiger charge is 2.64. The summed E-state index contributed by atoms with van der Waals surface area (Å²) >= 11 is 3.24. The highest BCUT2D eigenvalue weighted by molar-refractivity contribution is 9.10. The number of benzene rings is 1. The van der Waals surface area contributed by atoms with Gasteiger partial charge in [-0.05, 0) is 30.5 Å². The largest absolute Gasteiger partial charge is 0.438 e. The molecule has 1 aromatic carbocycles. The Labute approximate surface area is 132 Å². The molecule has 8 heteroatoms. The number of carbonyl (C=O) groups is 1. The molecule has 1 fully saturated rings. The van der Waals surface area contributed by atoms with Gasteiger partial charge in [0.1, 0.15) is 0 Å². The van der Waals surface area contributed by atoms with Crippen LogP contribution in [-0.2, 0) is 4.79 Å². The van der Waals surface area contributed by atoms with Gasteiger partial charge >= 0.3 is 6.18 Å². The molecular weight excluding hydrogens is 365 g/mol. The lowest BCUT2D eigenvalue weighted by atomic mass is 10.0. The van der Waals surface area contributed by atoms with E-state index in [1.54, 1.807) is 24.3 Å². The van der Waals surface area contributed by atoms with E-state index in [2.05, 4.69) is 21.0 Å². The smallest absolute Gasteiger partial charge is 0.362 e. The van der Waals surface area contributed by atoms with Crippen LogP contribution in [0.5, 0.6) is 0 Å². The van der Waals surface area contributed by atoms with Gasteiger partial charge in [-0.3, -0.25) is 4.79 Å². The van der Waals surface area contributed by atoms with E-state index in [0.29, 0.717) is 18.4 Å². The summed E-state index contributed by atoms with van der Waals surface area (Å²) in [6.07, 6.45) is -4.67. The zero-order valence-corrected chi connectivity index (χ0v) is 12.9. The molecule has 1 heterocycles. The number of nitrogens with zero attached hydrogens (tertiary/aromatic N) is 2. The molecule has 1 N–H and O–H groups in total. The number of aliphatic hydroxyl groups is 1. The predicted molar refractivity (Wildman–Crippen MR) is 75.9 cm³/mol. The molecule has 0 bridgehead atoms. The van der Waals surface area contributed by atoms with Crippen molar-refractivity contribution < 1.29 is 23.1 Å². The zero-order valence-electron chi connectivity index (χ0n) is 11.3. The summed E-state index contributed by atoms with van der Waals surface area (Å²) in [7, 11) is 0. The monoisotopic (exact) mass is 376 g/mol. The van der Waals surface area contributed by atoms with Gasteiger partial charge in [0.25, 0.3) is 5.72 Å². The third-order valence-electron chi connectivity index (χ3n) is 3.75. The van der Waals surface area contributed by atoms with Crippen molar-refractivity contribution in [2.45, 2.75) is 31.2 Å². The summed E-state index contributed by atoms with van der Waals surface area (Å²) in [5.41, 5.74) is -2.78. The highest BCUT2D eigenvalue weighted by Crippen LogP contribution is 2.44. The molecule has 1 atom stereocenters. The minimum absolute atomic E-state index is 0.0429. The molecule has 0 unspecified atom stereocenters. The van der Waals surface area contributed by atoms with E-state index in [9.17, 15) is 23.1 Å². The lowest BCUT2D eigenvalue weighted by molar-refractivity contribution is -0.302. The van der Waals surface area contributed by atoms with Crippen LogP contribution in [0.4, 0.5) is 13.2 Å². The van der Waals surface area contributed by atoms with Crippen molar-refractivity contribution in [3.63, 3.8) is 0 Å². The van der Waals surface area contributed by atoms with E-state index in [1.807, 2.05) is 0 Å². The first-order valence-electron chi connectivity index (χ1n) is 6.69. The van der Waals surface area contributed by atoms with E-state index in [4.69, 9.17) is 0 Å². The van der Waals surface area contributed by atoms with Crippen LogP contribution in [0.15, 0.2) is 33.8 Å². The number of hydrogen-bond donors (Lipinski definition) is 1. The minimum Gasteiger partial charge on any atom is -0.362 e. The second-order valence-electron chi connectivity index (χ2n) is 5.47. The van der Waals surface area contributed by atoms with Gasteiger partial charge in [-0.1, -0.05) is 28.1 Å². The molecule has 1 saturated carbocycles. The predicted octanol–water partition coefficient (Wildman–Crippen LogP) is 3.05. The van der Waals surface area contributed by atoms with E-state index in [1.165, 1.54) is 0 Å². The molecule has 1 aromatic rings. The van der Waals surface area contributed by atoms with Gasteiger partial charge in [0.2, 0.25) is 5.91 Å². The number of alkyl halides is 3. The lowest BCUT2D eigenvalue weighted by Crippen LogP contribution is -2.57. The maximum absolute atomic E-state index is 13.3. The van der Waals surface area contributed by atoms with Crippen LogP contribution in [0.25, 0.3) is 0 Å². The van der Waals surface area contributed by atoms with Crippen LogP contribution in [0.2, 0.25) is 0 Å². The number of amides is 1. The number of rotatable bonds is 2. The summed E-state index contributed by atoms with van der Waals surface area (Å²) in [6.45, 7) is 0. The molecule has 22 heavy (non-hydrogen) atoms. The first-order chi connectivity index (χ1) is 10.2.